The van der Waals surface area contributed by atoms with E-state index in [2.05, 4.69) is 18.8 Å². The van der Waals surface area contributed by atoms with Gasteiger partial charge in [-0.05, 0) is 12.0 Å². The Morgan fingerprint density at radius 1 is 1.50 bits per heavy atom. The molecule has 0 aliphatic rings. The van der Waals surface area contributed by atoms with Crippen molar-refractivity contribution in [3.63, 3.8) is 0 Å². The van der Waals surface area contributed by atoms with Gasteiger partial charge in [0.05, 0.1) is 16.1 Å². The monoisotopic (exact) mass is 241 g/mol. The standard InChI is InChI=1S/C11H13ClFN3/c1-6(2)5-16-10-4-8(13)7(12)3-9(10)15-11(16)14/h3-4,6H,5H2,1-2H3,(H2,14,15). The first-order valence-corrected chi connectivity index (χ1v) is 5.47. The molecule has 0 saturated heterocycles. The fraction of sp³-hybridized carbons (Fsp3) is 0.364. The van der Waals surface area contributed by atoms with Crippen molar-refractivity contribution >= 4 is 28.6 Å². The van der Waals surface area contributed by atoms with Crippen LogP contribution >= 0.6 is 11.6 Å². The highest BCUT2D eigenvalue weighted by Gasteiger charge is 2.12. The van der Waals surface area contributed by atoms with Gasteiger partial charge in [-0.15, -0.1) is 0 Å². The summed E-state index contributed by atoms with van der Waals surface area (Å²) in [6.45, 7) is 4.85. The quantitative estimate of drug-likeness (QED) is 0.878. The average Bonchev–Trinajstić information content (AvgIpc) is 2.45. The van der Waals surface area contributed by atoms with Crippen molar-refractivity contribution in [2.45, 2.75) is 20.4 Å². The van der Waals surface area contributed by atoms with Crippen LogP contribution in [-0.2, 0) is 6.54 Å². The second-order valence-electron chi connectivity index (χ2n) is 4.23. The number of imidazole rings is 1. The van der Waals surface area contributed by atoms with Crippen LogP contribution in [0.2, 0.25) is 5.02 Å². The van der Waals surface area contributed by atoms with Crippen LogP contribution in [0.3, 0.4) is 0 Å². The third-order valence-corrected chi connectivity index (χ3v) is 2.66. The maximum absolute atomic E-state index is 13.4. The van der Waals surface area contributed by atoms with E-state index in [0.717, 1.165) is 0 Å². The van der Waals surface area contributed by atoms with Crippen LogP contribution in [0.15, 0.2) is 12.1 Å². The number of nitrogen functional groups attached to an aromatic ring is 1. The Bertz CT molecular complexity index is 533. The van der Waals surface area contributed by atoms with Crippen molar-refractivity contribution in [3.05, 3.63) is 23.0 Å². The van der Waals surface area contributed by atoms with Gasteiger partial charge >= 0.3 is 0 Å². The van der Waals surface area contributed by atoms with E-state index in [0.29, 0.717) is 29.4 Å². The molecular formula is C11H13ClFN3. The smallest absolute Gasteiger partial charge is 0.201 e. The number of rotatable bonds is 2. The molecule has 0 saturated carbocycles. The van der Waals surface area contributed by atoms with Crippen LogP contribution < -0.4 is 5.73 Å². The van der Waals surface area contributed by atoms with Gasteiger partial charge < -0.3 is 10.3 Å². The third kappa shape index (κ3) is 1.85. The molecule has 0 aliphatic heterocycles. The van der Waals surface area contributed by atoms with Gasteiger partial charge in [0.2, 0.25) is 5.95 Å². The summed E-state index contributed by atoms with van der Waals surface area (Å²) < 4.78 is 15.2. The molecule has 1 aromatic heterocycles. The minimum Gasteiger partial charge on any atom is -0.369 e. The first-order chi connectivity index (χ1) is 7.49. The highest BCUT2D eigenvalue weighted by atomic mass is 35.5. The van der Waals surface area contributed by atoms with Crippen LogP contribution in [0.4, 0.5) is 10.3 Å². The fourth-order valence-electron chi connectivity index (χ4n) is 1.70. The van der Waals surface area contributed by atoms with Gasteiger partial charge in [0, 0.05) is 12.6 Å². The number of nitrogens with two attached hydrogens (primary N) is 1. The molecule has 2 N–H and O–H groups in total. The van der Waals surface area contributed by atoms with E-state index in [1.165, 1.54) is 12.1 Å². The van der Waals surface area contributed by atoms with Crippen molar-refractivity contribution < 1.29 is 4.39 Å². The topological polar surface area (TPSA) is 43.8 Å². The number of benzene rings is 1. The highest BCUT2D eigenvalue weighted by molar-refractivity contribution is 6.31. The summed E-state index contributed by atoms with van der Waals surface area (Å²) in [5.41, 5.74) is 7.11. The van der Waals surface area contributed by atoms with E-state index in [4.69, 9.17) is 17.3 Å². The minimum absolute atomic E-state index is 0.0710. The Labute approximate surface area is 98.0 Å². The van der Waals surface area contributed by atoms with E-state index in [1.807, 2.05) is 0 Å². The first kappa shape index (κ1) is 11.2. The van der Waals surface area contributed by atoms with Crippen LogP contribution in [0.25, 0.3) is 11.0 Å². The molecule has 3 nitrogen and oxygen atoms in total. The number of anilines is 1. The van der Waals surface area contributed by atoms with Gasteiger partial charge in [-0.3, -0.25) is 0 Å². The van der Waals surface area contributed by atoms with E-state index >= 15 is 0 Å². The van der Waals surface area contributed by atoms with Crippen LogP contribution in [0.1, 0.15) is 13.8 Å². The zero-order chi connectivity index (χ0) is 11.9. The molecule has 0 spiro atoms. The molecule has 86 valence electrons. The predicted octanol–water partition coefficient (Wildman–Crippen LogP) is 3.07. The van der Waals surface area contributed by atoms with E-state index < -0.39 is 5.82 Å². The Hall–Kier alpha value is -1.29. The van der Waals surface area contributed by atoms with Gasteiger partial charge in [0.1, 0.15) is 5.82 Å². The largest absolute Gasteiger partial charge is 0.369 e. The number of aromatic nitrogens is 2. The summed E-state index contributed by atoms with van der Waals surface area (Å²) in [6, 6.07) is 2.88. The summed E-state index contributed by atoms with van der Waals surface area (Å²) in [6.07, 6.45) is 0. The molecule has 0 fully saturated rings. The molecule has 2 rings (SSSR count). The lowest BCUT2D eigenvalue weighted by Crippen LogP contribution is -2.07. The van der Waals surface area contributed by atoms with E-state index in [-0.39, 0.29) is 5.02 Å². The summed E-state index contributed by atoms with van der Waals surface area (Å²) in [4.78, 5) is 4.16. The second kappa shape index (κ2) is 3.94. The molecule has 0 amide bonds. The molecule has 1 aromatic carbocycles. The summed E-state index contributed by atoms with van der Waals surface area (Å²) in [5.74, 6) is 0.364. The van der Waals surface area contributed by atoms with Crippen molar-refractivity contribution in [2.24, 2.45) is 5.92 Å². The fourth-order valence-corrected chi connectivity index (χ4v) is 1.85. The molecule has 1 heterocycles. The van der Waals surface area contributed by atoms with Crippen molar-refractivity contribution in [1.82, 2.24) is 9.55 Å². The van der Waals surface area contributed by atoms with Gasteiger partial charge in [0.25, 0.3) is 0 Å². The van der Waals surface area contributed by atoms with Crippen molar-refractivity contribution in [2.75, 3.05) is 5.73 Å². The Balaban J connectivity index is 2.64. The van der Waals surface area contributed by atoms with Crippen molar-refractivity contribution in [3.8, 4) is 0 Å². The maximum Gasteiger partial charge on any atom is 0.201 e. The molecule has 0 unspecified atom stereocenters. The molecule has 0 radical (unpaired) electrons. The molecular weight excluding hydrogens is 229 g/mol. The zero-order valence-corrected chi connectivity index (χ0v) is 9.92. The van der Waals surface area contributed by atoms with Gasteiger partial charge in [-0.2, -0.15) is 0 Å². The summed E-state index contributed by atoms with van der Waals surface area (Å²) >= 11 is 5.69. The lowest BCUT2D eigenvalue weighted by molar-refractivity contribution is 0.537. The number of hydrogen-bond donors (Lipinski definition) is 1. The SMILES string of the molecule is CC(C)Cn1c(N)nc2cc(Cl)c(F)cc21. The summed E-state index contributed by atoms with van der Waals surface area (Å²) in [5, 5.41) is 0.0710. The predicted molar refractivity (Wildman–Crippen MR) is 64.0 cm³/mol. The molecule has 2 aromatic rings. The van der Waals surface area contributed by atoms with Gasteiger partial charge in [-0.1, -0.05) is 25.4 Å². The van der Waals surface area contributed by atoms with Crippen LogP contribution in [-0.4, -0.2) is 9.55 Å². The number of fused-ring (bicyclic) bond motifs is 1. The molecule has 5 heteroatoms. The van der Waals surface area contributed by atoms with Crippen molar-refractivity contribution in [1.29, 1.82) is 0 Å². The van der Waals surface area contributed by atoms with E-state index in [9.17, 15) is 4.39 Å². The lowest BCUT2D eigenvalue weighted by Gasteiger charge is -2.09. The lowest BCUT2D eigenvalue weighted by atomic mass is 10.2. The minimum atomic E-state index is -0.445. The van der Waals surface area contributed by atoms with Crippen LogP contribution in [0, 0.1) is 11.7 Å². The first-order valence-electron chi connectivity index (χ1n) is 5.09. The van der Waals surface area contributed by atoms with Gasteiger partial charge in [-0.25, -0.2) is 9.37 Å². The average molecular weight is 242 g/mol. The summed E-state index contributed by atoms with van der Waals surface area (Å²) in [7, 11) is 0. The molecule has 0 bridgehead atoms. The highest BCUT2D eigenvalue weighted by Crippen LogP contribution is 2.25. The maximum atomic E-state index is 13.4. The van der Waals surface area contributed by atoms with E-state index in [1.54, 1.807) is 4.57 Å². The Morgan fingerprint density at radius 2 is 2.19 bits per heavy atom. The number of hydrogen-bond acceptors (Lipinski definition) is 2. The van der Waals surface area contributed by atoms with Gasteiger partial charge in [0.15, 0.2) is 0 Å². The molecule has 16 heavy (non-hydrogen) atoms. The normalized spacial score (nSPS) is 11.6. The Morgan fingerprint density at radius 3 is 2.81 bits per heavy atom. The molecule has 0 atom stereocenters. The van der Waals surface area contributed by atoms with Crippen LogP contribution in [0.5, 0.6) is 0 Å². The third-order valence-electron chi connectivity index (χ3n) is 2.37. The number of nitrogens with zero attached hydrogens (tertiary/aromatic N) is 2. The molecule has 0 aliphatic carbocycles. The zero-order valence-electron chi connectivity index (χ0n) is 9.17. The Kier molecular flexibility index (Phi) is 2.76. The number of halogens is 2. The second-order valence-corrected chi connectivity index (χ2v) is 4.64.